The summed E-state index contributed by atoms with van der Waals surface area (Å²) in [5, 5.41) is 21.2. The maximum Gasteiger partial charge on any atom is 0.160 e. The molecule has 4 aliphatic rings. The van der Waals surface area contributed by atoms with Crippen molar-refractivity contribution >= 4 is 0 Å². The molecule has 144 valence electrons. The number of aliphatic hydroxyl groups is 2. The Morgan fingerprint density at radius 2 is 1.72 bits per heavy atom. The highest BCUT2D eigenvalue weighted by Gasteiger charge is 2.60. The second-order valence-electron chi connectivity index (χ2n) is 10.8. The lowest BCUT2D eigenvalue weighted by atomic mass is 9.44. The van der Waals surface area contributed by atoms with Crippen molar-refractivity contribution in [2.45, 2.75) is 103 Å². The van der Waals surface area contributed by atoms with E-state index in [9.17, 15) is 10.2 Å². The van der Waals surface area contributed by atoms with Gasteiger partial charge < -0.3 is 14.9 Å². The molecular formula is C22H38O3. The number of hydrogen-bond acceptors (Lipinski definition) is 3. The van der Waals surface area contributed by atoms with Crippen molar-refractivity contribution in [3.63, 3.8) is 0 Å². The molecular weight excluding hydrogens is 312 g/mol. The van der Waals surface area contributed by atoms with Crippen molar-refractivity contribution in [1.29, 1.82) is 0 Å². The Kier molecular flexibility index (Phi) is 4.34. The molecule has 8 atom stereocenters. The van der Waals surface area contributed by atoms with Gasteiger partial charge in [0.15, 0.2) is 5.79 Å². The zero-order valence-corrected chi connectivity index (χ0v) is 16.6. The van der Waals surface area contributed by atoms with Gasteiger partial charge in [0.05, 0.1) is 12.2 Å². The largest absolute Gasteiger partial charge is 0.393 e. The highest BCUT2D eigenvalue weighted by atomic mass is 16.6. The minimum Gasteiger partial charge on any atom is -0.393 e. The van der Waals surface area contributed by atoms with Crippen molar-refractivity contribution in [2.24, 2.45) is 34.5 Å². The molecule has 3 nitrogen and oxygen atoms in total. The Morgan fingerprint density at radius 3 is 2.44 bits per heavy atom. The van der Waals surface area contributed by atoms with Crippen molar-refractivity contribution in [2.75, 3.05) is 0 Å². The van der Waals surface area contributed by atoms with Crippen molar-refractivity contribution in [3.05, 3.63) is 0 Å². The van der Waals surface area contributed by atoms with E-state index in [1.54, 1.807) is 13.8 Å². The Bertz CT molecular complexity index is 512. The van der Waals surface area contributed by atoms with Crippen LogP contribution in [0.3, 0.4) is 0 Å². The van der Waals surface area contributed by atoms with Crippen LogP contribution >= 0.6 is 0 Å². The first-order chi connectivity index (χ1) is 11.6. The van der Waals surface area contributed by atoms with Gasteiger partial charge in [0.2, 0.25) is 0 Å². The zero-order chi connectivity index (χ0) is 18.0. The van der Waals surface area contributed by atoms with E-state index < -0.39 is 5.79 Å². The molecule has 0 saturated heterocycles. The van der Waals surface area contributed by atoms with Crippen LogP contribution in [0.4, 0.5) is 0 Å². The van der Waals surface area contributed by atoms with Gasteiger partial charge in [-0.1, -0.05) is 20.3 Å². The van der Waals surface area contributed by atoms with E-state index in [2.05, 4.69) is 13.8 Å². The van der Waals surface area contributed by atoms with Crippen LogP contribution < -0.4 is 0 Å². The van der Waals surface area contributed by atoms with E-state index in [1.807, 2.05) is 0 Å². The first kappa shape index (κ1) is 18.3. The molecule has 4 aliphatic carbocycles. The predicted octanol–water partition coefficient (Wildman–Crippen LogP) is 4.50. The third-order valence-corrected chi connectivity index (χ3v) is 8.87. The summed E-state index contributed by atoms with van der Waals surface area (Å²) in [7, 11) is 0. The van der Waals surface area contributed by atoms with Crippen LogP contribution in [0, 0.1) is 34.5 Å². The molecule has 4 rings (SSSR count). The fraction of sp³-hybridized carbons (Fsp3) is 1.00. The first-order valence-corrected chi connectivity index (χ1v) is 10.7. The predicted molar refractivity (Wildman–Crippen MR) is 98.9 cm³/mol. The molecule has 0 radical (unpaired) electrons. The highest BCUT2D eigenvalue weighted by Crippen LogP contribution is 2.66. The maximum absolute atomic E-state index is 11.1. The summed E-state index contributed by atoms with van der Waals surface area (Å²) in [5.74, 6) is 1.43. The van der Waals surface area contributed by atoms with Gasteiger partial charge in [0.25, 0.3) is 0 Å². The van der Waals surface area contributed by atoms with Crippen LogP contribution in [-0.4, -0.2) is 28.2 Å². The third kappa shape index (κ3) is 2.99. The van der Waals surface area contributed by atoms with Crippen LogP contribution in [0.5, 0.6) is 0 Å². The molecule has 0 heterocycles. The van der Waals surface area contributed by atoms with E-state index in [0.717, 1.165) is 25.2 Å². The summed E-state index contributed by atoms with van der Waals surface area (Å²) in [4.78, 5) is 0. The lowest BCUT2D eigenvalue weighted by molar-refractivity contribution is -0.234. The second kappa shape index (κ2) is 5.94. The molecule has 0 aromatic rings. The number of rotatable bonds is 2. The van der Waals surface area contributed by atoms with Gasteiger partial charge in [-0.3, -0.25) is 0 Å². The second-order valence-corrected chi connectivity index (χ2v) is 10.8. The van der Waals surface area contributed by atoms with Gasteiger partial charge in [0.1, 0.15) is 0 Å². The van der Waals surface area contributed by atoms with Crippen molar-refractivity contribution in [1.82, 2.24) is 0 Å². The summed E-state index contributed by atoms with van der Waals surface area (Å²) in [6.07, 6.45) is 10.9. The van der Waals surface area contributed by atoms with Crippen molar-refractivity contribution < 1.29 is 14.9 Å². The van der Waals surface area contributed by atoms with Gasteiger partial charge in [-0.05, 0) is 99.7 Å². The van der Waals surface area contributed by atoms with Crippen LogP contribution in [-0.2, 0) is 4.74 Å². The minimum absolute atomic E-state index is 0.133. The van der Waals surface area contributed by atoms with Gasteiger partial charge in [-0.15, -0.1) is 0 Å². The molecule has 4 saturated carbocycles. The minimum atomic E-state index is -1.05. The quantitative estimate of drug-likeness (QED) is 0.721. The normalized spacial score (nSPS) is 53.0. The van der Waals surface area contributed by atoms with Gasteiger partial charge >= 0.3 is 0 Å². The van der Waals surface area contributed by atoms with E-state index in [-0.39, 0.29) is 12.2 Å². The molecule has 3 heteroatoms. The van der Waals surface area contributed by atoms with Gasteiger partial charge in [-0.2, -0.15) is 0 Å². The molecule has 0 aliphatic heterocycles. The molecule has 25 heavy (non-hydrogen) atoms. The zero-order valence-electron chi connectivity index (χ0n) is 16.6. The molecule has 2 N–H and O–H groups in total. The van der Waals surface area contributed by atoms with E-state index in [4.69, 9.17) is 4.74 Å². The van der Waals surface area contributed by atoms with Crippen LogP contribution in [0.1, 0.15) is 85.5 Å². The molecule has 0 aromatic carbocycles. The van der Waals surface area contributed by atoms with Crippen LogP contribution in [0.25, 0.3) is 0 Å². The average molecular weight is 351 g/mol. The topological polar surface area (TPSA) is 49.7 Å². The van der Waals surface area contributed by atoms with Gasteiger partial charge in [-0.25, -0.2) is 0 Å². The standard InChI is InChI=1S/C22H38O3/c1-20(2,24)25-15-7-11-22(4)14(12-15)13-18(23)19-16-6-5-9-21(16,3)10-8-17(19)22/h14-19,23-24H,5-13H2,1-4H3. The van der Waals surface area contributed by atoms with Crippen LogP contribution in [0.15, 0.2) is 0 Å². The number of ether oxygens (including phenoxy) is 1. The van der Waals surface area contributed by atoms with Crippen molar-refractivity contribution in [3.8, 4) is 0 Å². The van der Waals surface area contributed by atoms with Gasteiger partial charge in [0, 0.05) is 0 Å². The van der Waals surface area contributed by atoms with E-state index in [1.165, 1.54) is 38.5 Å². The summed E-state index contributed by atoms with van der Waals surface area (Å²) in [6.45, 7) is 8.47. The Balaban J connectivity index is 1.55. The average Bonchev–Trinajstić information content (AvgIpc) is 2.89. The summed E-state index contributed by atoms with van der Waals surface area (Å²) >= 11 is 0. The fourth-order valence-corrected chi connectivity index (χ4v) is 7.69. The summed E-state index contributed by atoms with van der Waals surface area (Å²) in [6, 6.07) is 0. The van der Waals surface area contributed by atoms with E-state index in [0.29, 0.717) is 28.6 Å². The monoisotopic (exact) mass is 350 g/mol. The summed E-state index contributed by atoms with van der Waals surface area (Å²) < 4.78 is 5.90. The van der Waals surface area contributed by atoms with E-state index >= 15 is 0 Å². The first-order valence-electron chi connectivity index (χ1n) is 10.7. The number of hydrogen-bond donors (Lipinski definition) is 2. The maximum atomic E-state index is 11.1. The smallest absolute Gasteiger partial charge is 0.160 e. The number of fused-ring (bicyclic) bond motifs is 5. The van der Waals surface area contributed by atoms with Crippen LogP contribution in [0.2, 0.25) is 0 Å². The molecule has 0 spiro atoms. The lowest BCUT2D eigenvalue weighted by Gasteiger charge is -2.62. The lowest BCUT2D eigenvalue weighted by Crippen LogP contribution is -2.58. The molecule has 4 fully saturated rings. The third-order valence-electron chi connectivity index (χ3n) is 8.87. The molecule has 0 aromatic heterocycles. The fourth-order valence-electron chi connectivity index (χ4n) is 7.69. The number of aliphatic hydroxyl groups excluding tert-OH is 1. The molecule has 0 bridgehead atoms. The summed E-state index contributed by atoms with van der Waals surface area (Å²) in [5.41, 5.74) is 0.847. The highest BCUT2D eigenvalue weighted by molar-refractivity contribution is 5.09. The Hall–Kier alpha value is -0.120. The SMILES string of the molecule is CC(C)(O)OC1CCC2(C)C(C1)CC(O)C1C3CCCC3(C)CCC12. The molecule has 8 unspecified atom stereocenters. The molecule has 0 amide bonds. The Labute approximate surface area is 153 Å². The Morgan fingerprint density at radius 1 is 0.960 bits per heavy atom.